The van der Waals surface area contributed by atoms with Crippen LogP contribution in [-0.2, 0) is 17.6 Å². The fraction of sp³-hybridized carbons (Fsp3) is 0.700. The topological polar surface area (TPSA) is 46.2 Å². The van der Waals surface area contributed by atoms with E-state index in [9.17, 15) is 9.59 Å². The fourth-order valence-corrected chi connectivity index (χ4v) is 5.43. The molecule has 4 rings (SSSR count). The molecule has 0 bridgehead atoms. The minimum Gasteiger partial charge on any atom is -0.352 e. The predicted molar refractivity (Wildman–Crippen MR) is 96.7 cm³/mol. The first-order valence-electron chi connectivity index (χ1n) is 9.48. The molecule has 1 heterocycles. The van der Waals surface area contributed by atoms with Crippen LogP contribution >= 0.6 is 11.3 Å². The number of nitrogens with one attached hydrogen (secondary N) is 1. The number of ketones is 1. The van der Waals surface area contributed by atoms with Crippen LogP contribution < -0.4 is 5.32 Å². The van der Waals surface area contributed by atoms with Gasteiger partial charge in [-0.15, -0.1) is 11.3 Å². The maximum atomic E-state index is 12.9. The summed E-state index contributed by atoms with van der Waals surface area (Å²) in [5, 5.41) is 3.14. The Hall–Kier alpha value is -1.16. The Balaban J connectivity index is 1.63. The van der Waals surface area contributed by atoms with Crippen LogP contribution in [0.2, 0.25) is 0 Å². The summed E-state index contributed by atoms with van der Waals surface area (Å²) in [4.78, 5) is 27.7. The van der Waals surface area contributed by atoms with Crippen LogP contribution in [0, 0.1) is 17.8 Å². The minimum atomic E-state index is 0.0688. The van der Waals surface area contributed by atoms with Gasteiger partial charge < -0.3 is 5.32 Å². The van der Waals surface area contributed by atoms with E-state index in [-0.39, 0.29) is 11.8 Å². The van der Waals surface area contributed by atoms with Crippen LogP contribution in [0.1, 0.15) is 77.5 Å². The number of amides is 1. The Morgan fingerprint density at radius 1 is 1.17 bits per heavy atom. The van der Waals surface area contributed by atoms with E-state index in [0.717, 1.165) is 36.2 Å². The molecular weight excluding hydrogens is 318 g/mol. The molecule has 1 aromatic rings. The van der Waals surface area contributed by atoms with Crippen molar-refractivity contribution in [3.05, 3.63) is 20.9 Å². The number of carbonyl (C=O) groups excluding carboxylic acids is 2. The maximum Gasteiger partial charge on any atom is 0.252 e. The standard InChI is InChI=1S/C20H27NO2S/c1-11-7-12(2)19-15(8-11)18(20(23)21-10-13-3-4-13)17(24-19)9-16(22)14-5-6-14/h11-14H,3-10H2,1-2H3,(H,21,23). The van der Waals surface area contributed by atoms with Crippen molar-refractivity contribution in [3.8, 4) is 0 Å². The highest BCUT2D eigenvalue weighted by atomic mass is 32.1. The summed E-state index contributed by atoms with van der Waals surface area (Å²) in [7, 11) is 0. The van der Waals surface area contributed by atoms with Crippen molar-refractivity contribution < 1.29 is 9.59 Å². The Morgan fingerprint density at radius 2 is 1.92 bits per heavy atom. The summed E-state index contributed by atoms with van der Waals surface area (Å²) in [6.07, 6.45) is 7.20. The Kier molecular flexibility index (Phi) is 4.27. The average Bonchev–Trinajstić information content (AvgIpc) is 3.42. The molecule has 0 aromatic carbocycles. The van der Waals surface area contributed by atoms with Gasteiger partial charge in [0.15, 0.2) is 0 Å². The van der Waals surface area contributed by atoms with Gasteiger partial charge in [-0.3, -0.25) is 9.59 Å². The third-order valence-corrected chi connectivity index (χ3v) is 7.17. The molecule has 1 amide bonds. The molecule has 0 aliphatic heterocycles. The largest absolute Gasteiger partial charge is 0.352 e. The third kappa shape index (κ3) is 3.30. The van der Waals surface area contributed by atoms with Gasteiger partial charge in [-0.05, 0) is 61.8 Å². The molecular formula is C20H27NO2S. The molecule has 2 fully saturated rings. The first kappa shape index (κ1) is 16.3. The maximum absolute atomic E-state index is 12.9. The van der Waals surface area contributed by atoms with Crippen LogP contribution in [0.5, 0.6) is 0 Å². The molecule has 3 nitrogen and oxygen atoms in total. The molecule has 3 aliphatic carbocycles. The smallest absolute Gasteiger partial charge is 0.252 e. The molecule has 0 spiro atoms. The zero-order chi connectivity index (χ0) is 16.8. The first-order chi connectivity index (χ1) is 11.5. The van der Waals surface area contributed by atoms with Gasteiger partial charge in [0.1, 0.15) is 5.78 Å². The molecule has 2 unspecified atom stereocenters. The normalized spacial score (nSPS) is 26.1. The Labute approximate surface area is 148 Å². The highest BCUT2D eigenvalue weighted by Crippen LogP contribution is 2.43. The van der Waals surface area contributed by atoms with Crippen LogP contribution in [0.3, 0.4) is 0 Å². The molecule has 0 saturated heterocycles. The van der Waals surface area contributed by atoms with Crippen molar-refractivity contribution in [2.24, 2.45) is 17.8 Å². The van der Waals surface area contributed by atoms with Crippen molar-refractivity contribution in [2.45, 2.75) is 64.7 Å². The number of Topliss-reactive ketones (excluding diaryl/α,β-unsaturated/α-hetero) is 1. The second-order valence-electron chi connectivity index (χ2n) is 8.26. The van der Waals surface area contributed by atoms with Gasteiger partial charge in [-0.1, -0.05) is 13.8 Å². The molecule has 4 heteroatoms. The fourth-order valence-electron chi connectivity index (χ4n) is 4.02. The van der Waals surface area contributed by atoms with E-state index in [4.69, 9.17) is 0 Å². The second kappa shape index (κ2) is 6.29. The molecule has 3 aliphatic rings. The van der Waals surface area contributed by atoms with Crippen LogP contribution in [-0.4, -0.2) is 18.2 Å². The number of hydrogen-bond acceptors (Lipinski definition) is 3. The first-order valence-corrected chi connectivity index (χ1v) is 10.3. The quantitative estimate of drug-likeness (QED) is 0.844. The van der Waals surface area contributed by atoms with Crippen molar-refractivity contribution >= 4 is 23.0 Å². The lowest BCUT2D eigenvalue weighted by Crippen LogP contribution is -2.28. The van der Waals surface area contributed by atoms with Crippen LogP contribution in [0.15, 0.2) is 0 Å². The van der Waals surface area contributed by atoms with Crippen LogP contribution in [0.4, 0.5) is 0 Å². The lowest BCUT2D eigenvalue weighted by Gasteiger charge is -2.24. The SMILES string of the molecule is CC1Cc2c(sc(CC(=O)C3CC3)c2C(=O)NCC2CC2)C(C)C1. The Bertz CT molecular complexity index is 669. The molecule has 2 atom stereocenters. The molecule has 1 aromatic heterocycles. The molecule has 130 valence electrons. The lowest BCUT2D eigenvalue weighted by atomic mass is 9.81. The van der Waals surface area contributed by atoms with E-state index in [2.05, 4.69) is 19.2 Å². The van der Waals surface area contributed by atoms with E-state index < -0.39 is 0 Å². The van der Waals surface area contributed by atoms with Crippen molar-refractivity contribution in [1.29, 1.82) is 0 Å². The highest BCUT2D eigenvalue weighted by molar-refractivity contribution is 7.12. The van der Waals surface area contributed by atoms with Crippen LogP contribution in [0.25, 0.3) is 0 Å². The van der Waals surface area contributed by atoms with Gasteiger partial charge in [0.2, 0.25) is 0 Å². The zero-order valence-electron chi connectivity index (χ0n) is 14.7. The third-order valence-electron chi connectivity index (χ3n) is 5.71. The van der Waals surface area contributed by atoms with E-state index in [1.807, 2.05) is 0 Å². The van der Waals surface area contributed by atoms with Gasteiger partial charge in [-0.25, -0.2) is 0 Å². The van der Waals surface area contributed by atoms with Crippen molar-refractivity contribution in [2.75, 3.05) is 6.54 Å². The summed E-state index contributed by atoms with van der Waals surface area (Å²) >= 11 is 1.74. The second-order valence-corrected chi connectivity index (χ2v) is 9.40. The van der Waals surface area contributed by atoms with Gasteiger partial charge >= 0.3 is 0 Å². The molecule has 0 radical (unpaired) electrons. The summed E-state index contributed by atoms with van der Waals surface area (Å²) < 4.78 is 0. The number of carbonyl (C=O) groups is 2. The van der Waals surface area contributed by atoms with E-state index in [1.165, 1.54) is 29.7 Å². The van der Waals surface area contributed by atoms with Crippen molar-refractivity contribution in [1.82, 2.24) is 5.32 Å². The highest BCUT2D eigenvalue weighted by Gasteiger charge is 2.35. The Morgan fingerprint density at radius 3 is 2.58 bits per heavy atom. The number of thiophene rings is 1. The summed E-state index contributed by atoms with van der Waals surface area (Å²) in [5.74, 6) is 2.48. The molecule has 1 N–H and O–H groups in total. The molecule has 2 saturated carbocycles. The number of fused-ring (bicyclic) bond motifs is 1. The summed E-state index contributed by atoms with van der Waals surface area (Å²) in [6.45, 7) is 5.34. The van der Waals surface area contributed by atoms with E-state index in [0.29, 0.717) is 30.0 Å². The predicted octanol–water partition coefficient (Wildman–Crippen LogP) is 4.10. The van der Waals surface area contributed by atoms with Gasteiger partial charge in [0.25, 0.3) is 5.91 Å². The van der Waals surface area contributed by atoms with E-state index >= 15 is 0 Å². The van der Waals surface area contributed by atoms with E-state index in [1.54, 1.807) is 11.3 Å². The zero-order valence-corrected chi connectivity index (χ0v) is 15.5. The summed E-state index contributed by atoms with van der Waals surface area (Å²) in [6, 6.07) is 0. The minimum absolute atomic E-state index is 0.0688. The molecule has 24 heavy (non-hydrogen) atoms. The number of rotatable bonds is 6. The summed E-state index contributed by atoms with van der Waals surface area (Å²) in [5.41, 5.74) is 2.11. The van der Waals surface area contributed by atoms with Gasteiger partial charge in [0.05, 0.1) is 5.56 Å². The monoisotopic (exact) mass is 345 g/mol. The average molecular weight is 346 g/mol. The number of hydrogen-bond donors (Lipinski definition) is 1. The van der Waals surface area contributed by atoms with Gasteiger partial charge in [-0.2, -0.15) is 0 Å². The van der Waals surface area contributed by atoms with Crippen molar-refractivity contribution in [3.63, 3.8) is 0 Å². The lowest BCUT2D eigenvalue weighted by molar-refractivity contribution is -0.119. The van der Waals surface area contributed by atoms with Gasteiger partial charge in [0, 0.05) is 28.6 Å².